The molecule has 0 radical (unpaired) electrons. The minimum Gasteiger partial charge on any atom is -0.334 e. The predicted molar refractivity (Wildman–Crippen MR) is 242 cm³/mol. The second-order valence-corrected chi connectivity index (χ2v) is 20.1. The summed E-state index contributed by atoms with van der Waals surface area (Å²) in [6.45, 7) is 26.1. The average molecular weight is 741 g/mol. The van der Waals surface area contributed by atoms with E-state index in [4.69, 9.17) is 0 Å². The molecular weight excluding hydrogens is 677 g/mol. The van der Waals surface area contributed by atoms with Gasteiger partial charge in [-0.1, -0.05) is 147 Å². The highest BCUT2D eigenvalue weighted by Crippen LogP contribution is 2.61. The van der Waals surface area contributed by atoms with E-state index in [1.54, 1.807) is 0 Å². The third-order valence-corrected chi connectivity index (χ3v) is 13.8. The number of rotatable bonds is 6. The first-order chi connectivity index (χ1) is 26.5. The molecule has 0 spiro atoms. The number of fused-ring (bicyclic) bond motifs is 3. The van der Waals surface area contributed by atoms with Gasteiger partial charge < -0.3 is 9.80 Å². The Hall–Kier alpha value is -4.56. The molecule has 3 aliphatic carbocycles. The summed E-state index contributed by atoms with van der Waals surface area (Å²) in [4.78, 5) is 5.38. The van der Waals surface area contributed by atoms with Gasteiger partial charge in [0.1, 0.15) is 0 Å². The van der Waals surface area contributed by atoms with Crippen LogP contribution in [0.2, 0.25) is 0 Å². The number of allylic oxidation sites excluding steroid dienone is 7. The fourth-order valence-electron chi connectivity index (χ4n) is 10.2. The molecule has 1 fully saturated rings. The van der Waals surface area contributed by atoms with E-state index in [0.29, 0.717) is 5.92 Å². The highest BCUT2D eigenvalue weighted by molar-refractivity contribution is 5.88. The largest absolute Gasteiger partial charge is 0.334 e. The third kappa shape index (κ3) is 6.52. The van der Waals surface area contributed by atoms with Crippen molar-refractivity contribution in [3.05, 3.63) is 154 Å². The van der Waals surface area contributed by atoms with Crippen molar-refractivity contribution in [2.75, 3.05) is 9.80 Å². The number of hydrogen-bond donors (Lipinski definition) is 0. The average Bonchev–Trinajstić information content (AvgIpc) is 3.54. The van der Waals surface area contributed by atoms with Crippen molar-refractivity contribution in [2.45, 2.75) is 137 Å². The summed E-state index contributed by atoms with van der Waals surface area (Å²) in [5, 5.41) is 0. The molecule has 2 heteroatoms. The molecule has 1 saturated carbocycles. The lowest BCUT2D eigenvalue weighted by atomic mass is 9.61. The summed E-state index contributed by atoms with van der Waals surface area (Å²) in [5.41, 5.74) is 19.2. The fourth-order valence-corrected chi connectivity index (χ4v) is 10.2. The van der Waals surface area contributed by atoms with Gasteiger partial charge in [-0.05, 0) is 131 Å². The van der Waals surface area contributed by atoms with Crippen LogP contribution in [0.1, 0.15) is 136 Å². The third-order valence-electron chi connectivity index (χ3n) is 13.8. The summed E-state index contributed by atoms with van der Waals surface area (Å²) < 4.78 is 0. The van der Waals surface area contributed by atoms with Crippen molar-refractivity contribution in [1.82, 2.24) is 0 Å². The first kappa shape index (κ1) is 38.3. The molecule has 1 heterocycles. The molecule has 2 nitrogen and oxygen atoms in total. The maximum Gasteiger partial charge on any atom is 0.0537 e. The van der Waals surface area contributed by atoms with E-state index in [2.05, 4.69) is 195 Å². The van der Waals surface area contributed by atoms with E-state index >= 15 is 0 Å². The molecule has 4 aliphatic rings. The summed E-state index contributed by atoms with van der Waals surface area (Å²) in [6, 6.07) is 33.1. The van der Waals surface area contributed by atoms with Crippen LogP contribution in [-0.2, 0) is 10.8 Å². The van der Waals surface area contributed by atoms with E-state index in [1.165, 1.54) is 104 Å². The van der Waals surface area contributed by atoms with Crippen LogP contribution in [0, 0.1) is 12.3 Å². The Bertz CT molecular complexity index is 2300. The molecule has 0 amide bonds. The van der Waals surface area contributed by atoms with Gasteiger partial charge in [-0.2, -0.15) is 0 Å². The minimum absolute atomic E-state index is 0.0263. The van der Waals surface area contributed by atoms with E-state index < -0.39 is 0 Å². The van der Waals surface area contributed by atoms with Crippen molar-refractivity contribution < 1.29 is 0 Å². The van der Waals surface area contributed by atoms with E-state index in [0.717, 1.165) is 12.8 Å². The van der Waals surface area contributed by atoms with Gasteiger partial charge in [-0.25, -0.2) is 0 Å². The number of anilines is 4. The lowest BCUT2D eigenvalue weighted by molar-refractivity contribution is 0.195. The van der Waals surface area contributed by atoms with Crippen LogP contribution in [-0.4, -0.2) is 5.54 Å². The van der Waals surface area contributed by atoms with Crippen molar-refractivity contribution >= 4 is 22.7 Å². The van der Waals surface area contributed by atoms with Gasteiger partial charge in [0.2, 0.25) is 0 Å². The van der Waals surface area contributed by atoms with Crippen LogP contribution in [0.15, 0.2) is 132 Å². The zero-order valence-corrected chi connectivity index (χ0v) is 36.1. The smallest absolute Gasteiger partial charge is 0.0537 e. The molecule has 2 atom stereocenters. The van der Waals surface area contributed by atoms with Crippen LogP contribution in [0.3, 0.4) is 0 Å². The lowest BCUT2D eigenvalue weighted by Crippen LogP contribution is -2.54. The molecular formula is C54H64N2. The Balaban J connectivity index is 1.32. The zero-order chi connectivity index (χ0) is 39.8. The molecule has 0 bridgehead atoms. The zero-order valence-electron chi connectivity index (χ0n) is 36.1. The Labute approximate surface area is 338 Å². The SMILES string of the molecule is Cc1cc(N(C2=CC3=C(CC=C(C(C)(C)C)C=C3)C2)c2ccc(C(C)C)cc2-c2ccccc2)cc(N2c3ccc(C(C)(C)C)cc3C3(C)CCCCC23C)c1. The highest BCUT2D eigenvalue weighted by atomic mass is 15.3. The number of nitrogens with zero attached hydrogens (tertiary/aromatic N) is 2. The lowest BCUT2D eigenvalue weighted by Gasteiger charge is -2.50. The maximum absolute atomic E-state index is 2.76. The van der Waals surface area contributed by atoms with E-state index in [9.17, 15) is 0 Å². The van der Waals surface area contributed by atoms with Crippen molar-refractivity contribution in [3.63, 3.8) is 0 Å². The van der Waals surface area contributed by atoms with Gasteiger partial charge in [0.15, 0.2) is 0 Å². The van der Waals surface area contributed by atoms with Crippen molar-refractivity contribution in [2.24, 2.45) is 5.41 Å². The number of aryl methyl sites for hydroxylation is 1. The van der Waals surface area contributed by atoms with Gasteiger partial charge in [0.25, 0.3) is 0 Å². The fraction of sp³-hybridized carbons (Fsp3) is 0.407. The first-order valence-electron chi connectivity index (χ1n) is 21.4. The van der Waals surface area contributed by atoms with Crippen LogP contribution in [0.4, 0.5) is 22.7 Å². The van der Waals surface area contributed by atoms with Gasteiger partial charge in [-0.3, -0.25) is 0 Å². The first-order valence-corrected chi connectivity index (χ1v) is 21.4. The maximum atomic E-state index is 2.76. The van der Waals surface area contributed by atoms with Crippen molar-refractivity contribution in [3.8, 4) is 11.1 Å². The molecule has 4 aromatic carbocycles. The van der Waals surface area contributed by atoms with E-state index in [-0.39, 0.29) is 21.8 Å². The Morgan fingerprint density at radius 3 is 2.23 bits per heavy atom. The Kier molecular flexibility index (Phi) is 9.46. The second kappa shape index (κ2) is 13.8. The summed E-state index contributed by atoms with van der Waals surface area (Å²) >= 11 is 0. The summed E-state index contributed by atoms with van der Waals surface area (Å²) in [7, 11) is 0. The second-order valence-electron chi connectivity index (χ2n) is 20.1. The molecule has 8 rings (SSSR count). The molecule has 4 aromatic rings. The summed E-state index contributed by atoms with van der Waals surface area (Å²) in [6.07, 6.45) is 16.6. The molecule has 0 saturated heterocycles. The molecule has 290 valence electrons. The molecule has 2 unspecified atom stereocenters. The van der Waals surface area contributed by atoms with Crippen molar-refractivity contribution in [1.29, 1.82) is 0 Å². The van der Waals surface area contributed by atoms with Gasteiger partial charge in [0.05, 0.1) is 11.2 Å². The highest BCUT2D eigenvalue weighted by Gasteiger charge is 2.57. The normalized spacial score (nSPS) is 22.1. The minimum atomic E-state index is -0.0263. The molecule has 0 N–H and O–H groups in total. The summed E-state index contributed by atoms with van der Waals surface area (Å²) in [5.74, 6) is 0.433. The molecule has 56 heavy (non-hydrogen) atoms. The van der Waals surface area contributed by atoms with Crippen LogP contribution < -0.4 is 9.80 Å². The van der Waals surface area contributed by atoms with Crippen LogP contribution >= 0.6 is 0 Å². The predicted octanol–water partition coefficient (Wildman–Crippen LogP) is 15.5. The van der Waals surface area contributed by atoms with Gasteiger partial charge in [0, 0.05) is 40.2 Å². The monoisotopic (exact) mass is 741 g/mol. The Morgan fingerprint density at radius 1 is 0.768 bits per heavy atom. The quantitative estimate of drug-likeness (QED) is 0.194. The van der Waals surface area contributed by atoms with Gasteiger partial charge >= 0.3 is 0 Å². The molecule has 0 aromatic heterocycles. The van der Waals surface area contributed by atoms with E-state index in [1.807, 2.05) is 0 Å². The van der Waals surface area contributed by atoms with Gasteiger partial charge in [-0.15, -0.1) is 0 Å². The number of hydrogen-bond acceptors (Lipinski definition) is 2. The van der Waals surface area contributed by atoms with Crippen LogP contribution in [0.5, 0.6) is 0 Å². The Morgan fingerprint density at radius 2 is 1.52 bits per heavy atom. The number of benzene rings is 4. The molecule has 1 aliphatic heterocycles. The standard InChI is InChI=1S/C54H64N2/c1-36(2)39-21-25-49(47(33-39)38-17-13-12-14-18-38)55(45-31-40-19-22-42(51(4,5)6)23-20-41(40)32-45)44-29-37(3)30-46(35-44)56-50-26-24-43(52(7,8)9)34-48(50)53(10)27-15-16-28-54(53,56)11/h12-14,17-19,21-26,29-31,33-36H,15-16,20,27-28,32H2,1-11H3. The topological polar surface area (TPSA) is 6.48 Å². The van der Waals surface area contributed by atoms with Crippen LogP contribution in [0.25, 0.3) is 11.1 Å².